The van der Waals surface area contributed by atoms with Gasteiger partial charge >= 0.3 is 5.97 Å². The van der Waals surface area contributed by atoms with Gasteiger partial charge in [-0.25, -0.2) is 9.79 Å². The first-order chi connectivity index (χ1) is 19.9. The third-order valence-corrected chi connectivity index (χ3v) is 7.74. The molecule has 0 radical (unpaired) electrons. The number of carbonyl (C=O) groups is 2. The molecule has 206 valence electrons. The van der Waals surface area contributed by atoms with Crippen LogP contribution in [-0.2, 0) is 17.9 Å². The number of aliphatic imine (C=N–C) groups is 1. The number of methoxy groups -OCH3 is 1. The Morgan fingerprint density at radius 1 is 0.951 bits per heavy atom. The number of carboxylic acid groups (broad SMARTS) is 1. The lowest BCUT2D eigenvalue weighted by Gasteiger charge is -2.16. The molecule has 41 heavy (non-hydrogen) atoms. The summed E-state index contributed by atoms with van der Waals surface area (Å²) in [5.74, 6) is -0.0382. The zero-order chi connectivity index (χ0) is 28.8. The molecule has 0 saturated carbocycles. The number of para-hydroxylation sites is 1. The summed E-state index contributed by atoms with van der Waals surface area (Å²) in [4.78, 5) is 31.7. The summed E-state index contributed by atoms with van der Waals surface area (Å²) in [6.07, 6.45) is 1.81. The average molecular weight is 630 g/mol. The molecule has 0 aliphatic carbocycles. The standard InChI is InChI=1S/C32H25BrN2O5S/c1-39-28-17-23(11-16-27(28)40-20-22-9-14-25(33)15-10-22)18-29-30(36)35(19-21-7-12-24(13-8-21)31(37)38)32(41-29)34-26-5-3-2-4-6-26/h2-18H,19-20H2,1H3,(H,37,38)/b29-18-,34-32?. The van der Waals surface area contributed by atoms with Gasteiger partial charge in [-0.2, -0.15) is 0 Å². The van der Waals surface area contributed by atoms with Crippen LogP contribution < -0.4 is 9.47 Å². The van der Waals surface area contributed by atoms with Crippen LogP contribution in [0.5, 0.6) is 11.5 Å². The van der Waals surface area contributed by atoms with Crippen molar-refractivity contribution in [1.82, 2.24) is 4.90 Å². The van der Waals surface area contributed by atoms with E-state index >= 15 is 0 Å². The Morgan fingerprint density at radius 2 is 1.66 bits per heavy atom. The van der Waals surface area contributed by atoms with Gasteiger partial charge in [-0.1, -0.05) is 64.5 Å². The van der Waals surface area contributed by atoms with E-state index in [0.29, 0.717) is 28.2 Å². The quantitative estimate of drug-likeness (QED) is 0.193. The van der Waals surface area contributed by atoms with Crippen LogP contribution in [0.2, 0.25) is 0 Å². The highest BCUT2D eigenvalue weighted by Crippen LogP contribution is 2.37. The number of hydrogen-bond acceptors (Lipinski definition) is 6. The van der Waals surface area contributed by atoms with Gasteiger partial charge in [0.1, 0.15) is 6.61 Å². The first-order valence-corrected chi connectivity index (χ1v) is 14.2. The second-order valence-corrected chi connectivity index (χ2v) is 11.0. The topological polar surface area (TPSA) is 88.4 Å². The van der Waals surface area contributed by atoms with Crippen LogP contribution in [0.15, 0.2) is 111 Å². The van der Waals surface area contributed by atoms with E-state index in [9.17, 15) is 14.7 Å². The van der Waals surface area contributed by atoms with E-state index in [1.807, 2.05) is 78.9 Å². The fraction of sp³-hybridized carbons (Fsp3) is 0.0938. The molecule has 0 aromatic heterocycles. The van der Waals surface area contributed by atoms with Gasteiger partial charge in [-0.05, 0) is 83.1 Å². The largest absolute Gasteiger partial charge is 0.493 e. The fourth-order valence-corrected chi connectivity index (χ4v) is 5.33. The number of halogens is 1. The van der Waals surface area contributed by atoms with Crippen molar-refractivity contribution in [1.29, 1.82) is 0 Å². The highest BCUT2D eigenvalue weighted by Gasteiger charge is 2.33. The van der Waals surface area contributed by atoms with Crippen LogP contribution in [0.3, 0.4) is 0 Å². The number of carbonyl (C=O) groups excluding carboxylic acids is 1. The number of amides is 1. The molecule has 0 spiro atoms. The predicted octanol–water partition coefficient (Wildman–Crippen LogP) is 7.54. The first kappa shape index (κ1) is 28.2. The Balaban J connectivity index is 1.39. The summed E-state index contributed by atoms with van der Waals surface area (Å²) in [6, 6.07) is 29.3. The van der Waals surface area contributed by atoms with Crippen molar-refractivity contribution in [2.75, 3.05) is 7.11 Å². The van der Waals surface area contributed by atoms with E-state index in [1.54, 1.807) is 24.1 Å². The number of nitrogens with zero attached hydrogens (tertiary/aromatic N) is 2. The Morgan fingerprint density at radius 3 is 2.34 bits per heavy atom. The van der Waals surface area contributed by atoms with Crippen molar-refractivity contribution in [3.63, 3.8) is 0 Å². The maximum Gasteiger partial charge on any atom is 0.335 e. The minimum Gasteiger partial charge on any atom is -0.493 e. The lowest BCUT2D eigenvalue weighted by atomic mass is 10.1. The van der Waals surface area contributed by atoms with Crippen LogP contribution in [0.4, 0.5) is 5.69 Å². The van der Waals surface area contributed by atoms with Gasteiger partial charge < -0.3 is 14.6 Å². The number of carboxylic acids is 1. The van der Waals surface area contributed by atoms with Crippen molar-refractivity contribution in [3.05, 3.63) is 129 Å². The zero-order valence-electron chi connectivity index (χ0n) is 22.0. The lowest BCUT2D eigenvalue weighted by Crippen LogP contribution is -2.28. The van der Waals surface area contributed by atoms with Gasteiger partial charge in [0.15, 0.2) is 16.7 Å². The fourth-order valence-electron chi connectivity index (χ4n) is 4.07. The molecule has 4 aromatic rings. The molecule has 1 aliphatic heterocycles. The van der Waals surface area contributed by atoms with Crippen molar-refractivity contribution in [3.8, 4) is 11.5 Å². The molecule has 0 unspecified atom stereocenters. The summed E-state index contributed by atoms with van der Waals surface area (Å²) in [5, 5.41) is 9.75. The van der Waals surface area contributed by atoms with E-state index in [1.165, 1.54) is 23.9 Å². The van der Waals surface area contributed by atoms with E-state index in [-0.39, 0.29) is 18.0 Å². The third kappa shape index (κ3) is 7.06. The van der Waals surface area contributed by atoms with Crippen LogP contribution in [0.25, 0.3) is 6.08 Å². The van der Waals surface area contributed by atoms with Crippen LogP contribution in [0, 0.1) is 0 Å². The molecule has 5 rings (SSSR count). The van der Waals surface area contributed by atoms with E-state index < -0.39 is 5.97 Å². The summed E-state index contributed by atoms with van der Waals surface area (Å²) in [6.45, 7) is 0.640. The number of amidine groups is 1. The van der Waals surface area contributed by atoms with Crippen molar-refractivity contribution in [2.24, 2.45) is 4.99 Å². The molecular formula is C32H25BrN2O5S. The Kier molecular flexibility index (Phi) is 8.86. The second kappa shape index (κ2) is 12.9. The minimum atomic E-state index is -0.999. The third-order valence-electron chi connectivity index (χ3n) is 6.20. The van der Waals surface area contributed by atoms with Crippen molar-refractivity contribution < 1.29 is 24.2 Å². The zero-order valence-corrected chi connectivity index (χ0v) is 24.4. The molecule has 7 nitrogen and oxygen atoms in total. The molecule has 0 atom stereocenters. The molecule has 9 heteroatoms. The molecule has 1 amide bonds. The average Bonchev–Trinajstić information content (AvgIpc) is 3.26. The lowest BCUT2D eigenvalue weighted by molar-refractivity contribution is -0.122. The normalized spacial score (nSPS) is 15.0. The molecular weight excluding hydrogens is 604 g/mol. The molecule has 1 heterocycles. The SMILES string of the molecule is COc1cc(/C=C2\SC(=Nc3ccccc3)N(Cc3ccc(C(=O)O)cc3)C2=O)ccc1OCc1ccc(Br)cc1. The molecule has 4 aromatic carbocycles. The number of thioether (sulfide) groups is 1. The van der Waals surface area contributed by atoms with Gasteiger partial charge in [0.25, 0.3) is 5.91 Å². The number of rotatable bonds is 9. The number of ether oxygens (including phenoxy) is 2. The summed E-state index contributed by atoms with van der Waals surface area (Å²) in [5.41, 5.74) is 3.51. The van der Waals surface area contributed by atoms with Gasteiger partial charge in [-0.15, -0.1) is 0 Å². The maximum absolute atomic E-state index is 13.6. The van der Waals surface area contributed by atoms with Crippen LogP contribution in [-0.4, -0.2) is 34.2 Å². The van der Waals surface area contributed by atoms with Crippen molar-refractivity contribution in [2.45, 2.75) is 13.2 Å². The van der Waals surface area contributed by atoms with Gasteiger partial charge in [-0.3, -0.25) is 9.69 Å². The Hall–Kier alpha value is -4.34. The van der Waals surface area contributed by atoms with Gasteiger partial charge in [0.2, 0.25) is 0 Å². The summed E-state index contributed by atoms with van der Waals surface area (Å²) >= 11 is 4.73. The highest BCUT2D eigenvalue weighted by molar-refractivity contribution is 9.10. The highest BCUT2D eigenvalue weighted by atomic mass is 79.9. The monoisotopic (exact) mass is 628 g/mol. The molecule has 1 fully saturated rings. The Bertz CT molecular complexity index is 1620. The summed E-state index contributed by atoms with van der Waals surface area (Å²) < 4.78 is 12.6. The molecule has 1 saturated heterocycles. The van der Waals surface area contributed by atoms with E-state index in [2.05, 4.69) is 15.9 Å². The molecule has 0 bridgehead atoms. The van der Waals surface area contributed by atoms with E-state index in [4.69, 9.17) is 14.5 Å². The van der Waals surface area contributed by atoms with Crippen LogP contribution in [0.1, 0.15) is 27.0 Å². The maximum atomic E-state index is 13.6. The Labute approximate surface area is 250 Å². The smallest absolute Gasteiger partial charge is 0.335 e. The number of hydrogen-bond donors (Lipinski definition) is 1. The molecule has 1 aliphatic rings. The number of benzene rings is 4. The second-order valence-electron chi connectivity index (χ2n) is 9.06. The number of aromatic carboxylic acids is 1. The van der Waals surface area contributed by atoms with Gasteiger partial charge in [0.05, 0.1) is 29.8 Å². The predicted molar refractivity (Wildman–Crippen MR) is 165 cm³/mol. The minimum absolute atomic E-state index is 0.188. The van der Waals surface area contributed by atoms with Crippen LogP contribution >= 0.6 is 27.7 Å². The first-order valence-electron chi connectivity index (χ1n) is 12.6. The van der Waals surface area contributed by atoms with Gasteiger partial charge in [0, 0.05) is 4.47 Å². The summed E-state index contributed by atoms with van der Waals surface area (Å²) in [7, 11) is 1.58. The van der Waals surface area contributed by atoms with E-state index in [0.717, 1.165) is 26.9 Å². The van der Waals surface area contributed by atoms with Crippen molar-refractivity contribution >= 4 is 56.5 Å². The molecule has 1 N–H and O–H groups in total.